The van der Waals surface area contributed by atoms with Crippen molar-refractivity contribution in [1.29, 1.82) is 0 Å². The summed E-state index contributed by atoms with van der Waals surface area (Å²) in [6.07, 6.45) is 2.53. The van der Waals surface area contributed by atoms with Crippen LogP contribution >= 0.6 is 0 Å². The Bertz CT molecular complexity index is 1230. The van der Waals surface area contributed by atoms with Gasteiger partial charge in [-0.2, -0.15) is 0 Å². The number of aromatic amines is 1. The number of fused-ring (bicyclic) bond motifs is 1. The smallest absolute Gasteiger partial charge is 0.143 e. The van der Waals surface area contributed by atoms with Crippen molar-refractivity contribution in [2.24, 2.45) is 0 Å². The molecule has 178 valence electrons. The average Bonchev–Trinajstić information content (AvgIpc) is 3.28. The number of aliphatic hydroxyl groups is 1. The molecule has 0 saturated heterocycles. The summed E-state index contributed by atoms with van der Waals surface area (Å²) >= 11 is 0. The fourth-order valence-electron chi connectivity index (χ4n) is 3.72. The highest BCUT2D eigenvalue weighted by molar-refractivity contribution is 7.83. The molecule has 1 unspecified atom stereocenters. The van der Waals surface area contributed by atoms with Gasteiger partial charge in [0.25, 0.3) is 0 Å². The van der Waals surface area contributed by atoms with Crippen molar-refractivity contribution in [3.8, 4) is 22.4 Å². The number of hydrogen-bond acceptors (Lipinski definition) is 6. The van der Waals surface area contributed by atoms with Gasteiger partial charge in [0.15, 0.2) is 0 Å². The second-order valence-corrected chi connectivity index (χ2v) is 8.93. The Hall–Kier alpha value is -3.11. The molecule has 0 saturated carbocycles. The van der Waals surface area contributed by atoms with Crippen LogP contribution in [-0.4, -0.2) is 57.2 Å². The first-order valence-corrected chi connectivity index (χ1v) is 12.5. The van der Waals surface area contributed by atoms with E-state index in [1.807, 2.05) is 42.5 Å². The summed E-state index contributed by atoms with van der Waals surface area (Å²) in [5.74, 6) is 0.748. The van der Waals surface area contributed by atoms with Gasteiger partial charge in [0.1, 0.15) is 28.8 Å². The molecule has 34 heavy (non-hydrogen) atoms. The van der Waals surface area contributed by atoms with Crippen LogP contribution in [0, 0.1) is 0 Å². The number of aliphatic hydroxyl groups excluding tert-OH is 1. The van der Waals surface area contributed by atoms with E-state index < -0.39 is 11.0 Å². The number of hydrogen-bond donors (Lipinski definition) is 4. The number of H-pyrrole nitrogens is 1. The number of ether oxygens (including phenoxy) is 1. The second-order valence-electron chi connectivity index (χ2n) is 7.64. The monoisotopic (exact) mass is 479 g/mol. The summed E-state index contributed by atoms with van der Waals surface area (Å²) in [6.45, 7) is 4.27. The molecular weight excluding hydrogens is 450 g/mol. The Kier molecular flexibility index (Phi) is 8.37. The summed E-state index contributed by atoms with van der Waals surface area (Å²) in [5, 5.41) is 13.3. The van der Waals surface area contributed by atoms with E-state index in [-0.39, 0.29) is 13.2 Å². The van der Waals surface area contributed by atoms with Gasteiger partial charge in [-0.15, -0.1) is 0 Å². The molecule has 0 bridgehead atoms. The summed E-state index contributed by atoms with van der Waals surface area (Å²) in [4.78, 5) is 13.1. The zero-order valence-corrected chi connectivity index (χ0v) is 19.9. The van der Waals surface area contributed by atoms with Crippen LogP contribution in [0.2, 0.25) is 0 Å². The molecule has 4 aromatic rings. The lowest BCUT2D eigenvalue weighted by atomic mass is 9.99. The summed E-state index contributed by atoms with van der Waals surface area (Å²) in [7, 11) is -1.38. The third kappa shape index (κ3) is 5.51. The number of aromatic nitrogens is 3. The maximum absolute atomic E-state index is 12.3. The van der Waals surface area contributed by atoms with Crippen molar-refractivity contribution in [2.45, 2.75) is 18.2 Å². The van der Waals surface area contributed by atoms with Gasteiger partial charge >= 0.3 is 0 Å². The third-order valence-electron chi connectivity index (χ3n) is 5.24. The van der Waals surface area contributed by atoms with Gasteiger partial charge < -0.3 is 20.1 Å². The maximum atomic E-state index is 12.3. The fourth-order valence-corrected chi connectivity index (χ4v) is 4.55. The van der Waals surface area contributed by atoms with Gasteiger partial charge in [-0.3, -0.25) is 0 Å². The highest BCUT2D eigenvalue weighted by Crippen LogP contribution is 2.40. The SMILES string of the molecule is CCCOCCNc1ncnc2[nH]c(-c3ccc(S(=O)NCCO)cc3)c(-c3ccccc3)c12. The van der Waals surface area contributed by atoms with Gasteiger partial charge in [-0.25, -0.2) is 18.9 Å². The first-order valence-electron chi connectivity index (χ1n) is 11.3. The van der Waals surface area contributed by atoms with Crippen LogP contribution in [0.15, 0.2) is 65.8 Å². The number of nitrogens with zero attached hydrogens (tertiary/aromatic N) is 2. The van der Waals surface area contributed by atoms with E-state index in [0.29, 0.717) is 18.0 Å². The van der Waals surface area contributed by atoms with Gasteiger partial charge in [-0.05, 0) is 29.7 Å². The quantitative estimate of drug-likeness (QED) is 0.230. The van der Waals surface area contributed by atoms with E-state index >= 15 is 0 Å². The first-order chi connectivity index (χ1) is 16.7. The second kappa shape index (κ2) is 11.8. The molecule has 0 aliphatic carbocycles. The third-order valence-corrected chi connectivity index (χ3v) is 6.41. The Morgan fingerprint density at radius 3 is 2.53 bits per heavy atom. The zero-order chi connectivity index (χ0) is 23.8. The van der Waals surface area contributed by atoms with E-state index in [0.717, 1.165) is 52.3 Å². The van der Waals surface area contributed by atoms with Crippen molar-refractivity contribution in [3.05, 3.63) is 60.9 Å². The molecule has 2 aromatic heterocycles. The predicted octanol–water partition coefficient (Wildman–Crippen LogP) is 3.73. The maximum Gasteiger partial charge on any atom is 0.143 e. The molecule has 4 N–H and O–H groups in total. The number of anilines is 1. The molecule has 9 heteroatoms. The topological polar surface area (TPSA) is 112 Å². The molecule has 0 spiro atoms. The number of benzene rings is 2. The molecule has 0 aliphatic heterocycles. The molecule has 2 aromatic carbocycles. The van der Waals surface area contributed by atoms with Crippen molar-refractivity contribution in [3.63, 3.8) is 0 Å². The van der Waals surface area contributed by atoms with Crippen LogP contribution in [0.4, 0.5) is 5.82 Å². The van der Waals surface area contributed by atoms with Gasteiger partial charge in [0.2, 0.25) is 0 Å². The molecular formula is C25H29N5O3S. The molecule has 0 fully saturated rings. The van der Waals surface area contributed by atoms with E-state index in [9.17, 15) is 4.21 Å². The minimum absolute atomic E-state index is 0.0680. The number of rotatable bonds is 12. The summed E-state index contributed by atoms with van der Waals surface area (Å²) in [6, 6.07) is 17.7. The number of nitrogens with one attached hydrogen (secondary N) is 3. The lowest BCUT2D eigenvalue weighted by Gasteiger charge is -2.10. The van der Waals surface area contributed by atoms with Crippen LogP contribution < -0.4 is 10.0 Å². The fraction of sp³-hybridized carbons (Fsp3) is 0.280. The van der Waals surface area contributed by atoms with E-state index in [1.54, 1.807) is 6.33 Å². The van der Waals surface area contributed by atoms with Crippen LogP contribution in [0.1, 0.15) is 13.3 Å². The lowest BCUT2D eigenvalue weighted by Crippen LogP contribution is -2.20. The zero-order valence-electron chi connectivity index (χ0n) is 19.1. The molecule has 8 nitrogen and oxygen atoms in total. The van der Waals surface area contributed by atoms with Crippen molar-refractivity contribution >= 4 is 27.8 Å². The van der Waals surface area contributed by atoms with Gasteiger partial charge in [0, 0.05) is 25.3 Å². The molecule has 0 aliphatic rings. The molecule has 0 amide bonds. The highest BCUT2D eigenvalue weighted by atomic mass is 32.2. The Morgan fingerprint density at radius 2 is 1.79 bits per heavy atom. The van der Waals surface area contributed by atoms with Crippen LogP contribution in [-0.2, 0) is 15.7 Å². The van der Waals surface area contributed by atoms with Crippen LogP contribution in [0.25, 0.3) is 33.4 Å². The predicted molar refractivity (Wildman–Crippen MR) is 136 cm³/mol. The Balaban J connectivity index is 1.73. The van der Waals surface area contributed by atoms with Gasteiger partial charge in [-0.1, -0.05) is 49.4 Å². The molecule has 2 heterocycles. The minimum atomic E-state index is -1.38. The lowest BCUT2D eigenvalue weighted by molar-refractivity contribution is 0.144. The highest BCUT2D eigenvalue weighted by Gasteiger charge is 2.19. The Morgan fingerprint density at radius 1 is 1.00 bits per heavy atom. The van der Waals surface area contributed by atoms with E-state index in [2.05, 4.69) is 44.0 Å². The summed E-state index contributed by atoms with van der Waals surface area (Å²) in [5.41, 5.74) is 4.63. The van der Waals surface area contributed by atoms with Gasteiger partial charge in [0.05, 0.1) is 29.2 Å². The van der Waals surface area contributed by atoms with Crippen molar-refractivity contribution in [1.82, 2.24) is 19.7 Å². The van der Waals surface area contributed by atoms with Crippen molar-refractivity contribution in [2.75, 3.05) is 38.2 Å². The van der Waals surface area contributed by atoms with E-state index in [1.165, 1.54) is 0 Å². The normalized spacial score (nSPS) is 12.2. The molecule has 0 radical (unpaired) electrons. The Labute approximate surface area is 201 Å². The van der Waals surface area contributed by atoms with Crippen LogP contribution in [0.3, 0.4) is 0 Å². The first kappa shape index (κ1) is 24.0. The van der Waals surface area contributed by atoms with Crippen molar-refractivity contribution < 1.29 is 14.1 Å². The molecule has 1 atom stereocenters. The molecule has 4 rings (SSSR count). The largest absolute Gasteiger partial charge is 0.395 e. The average molecular weight is 480 g/mol. The minimum Gasteiger partial charge on any atom is -0.395 e. The van der Waals surface area contributed by atoms with E-state index in [4.69, 9.17) is 9.84 Å². The summed E-state index contributed by atoms with van der Waals surface area (Å²) < 4.78 is 20.7. The van der Waals surface area contributed by atoms with Crippen LogP contribution in [0.5, 0.6) is 0 Å². The standard InChI is InChI=1S/C25H29N5O3S/c1-2-15-33-16-13-26-24-22-21(18-6-4-3-5-7-18)23(30-25(22)28-17-27-24)19-8-10-20(11-9-19)34(32)29-12-14-31/h3-11,17,29,31H,2,12-16H2,1H3,(H2,26,27,28,30).